The highest BCUT2D eigenvalue weighted by Crippen LogP contribution is 2.48. The zero-order valence-electron chi connectivity index (χ0n) is 21.9. The number of ether oxygens (including phenoxy) is 1. The van der Waals surface area contributed by atoms with Crippen LogP contribution in [0.1, 0.15) is 35.9 Å². The number of hydrogen-bond donors (Lipinski definition) is 0. The van der Waals surface area contributed by atoms with Crippen molar-refractivity contribution in [3.63, 3.8) is 0 Å². The van der Waals surface area contributed by atoms with E-state index < -0.39 is 5.41 Å². The molecule has 3 aliphatic rings. The Kier molecular flexibility index (Phi) is 6.68. The highest BCUT2D eigenvalue weighted by Gasteiger charge is 2.55. The Balaban J connectivity index is 1.22. The van der Waals surface area contributed by atoms with Crippen molar-refractivity contribution in [3.05, 3.63) is 84.1 Å². The van der Waals surface area contributed by atoms with Gasteiger partial charge in [0.15, 0.2) is 11.5 Å². The maximum atomic E-state index is 14.3. The lowest BCUT2D eigenvalue weighted by Crippen LogP contribution is -2.54. The van der Waals surface area contributed by atoms with Crippen LogP contribution in [0.5, 0.6) is 5.75 Å². The maximum Gasteiger partial charge on any atom is 0.289 e. The first-order valence-electron chi connectivity index (χ1n) is 13.4. The number of hydrazone groups is 1. The van der Waals surface area contributed by atoms with E-state index in [0.29, 0.717) is 49.0 Å². The number of ketones is 1. The van der Waals surface area contributed by atoms with Crippen LogP contribution >= 0.6 is 0 Å². The minimum atomic E-state index is -0.700. The summed E-state index contributed by atoms with van der Waals surface area (Å²) in [6, 6.07) is 17.5. The van der Waals surface area contributed by atoms with Crippen molar-refractivity contribution in [2.24, 2.45) is 5.10 Å². The van der Waals surface area contributed by atoms with E-state index in [-0.39, 0.29) is 23.5 Å². The molecule has 202 valence electrons. The van der Waals surface area contributed by atoms with Gasteiger partial charge in [0, 0.05) is 39.2 Å². The average Bonchev–Trinajstić information content (AvgIpc) is 3.61. The van der Waals surface area contributed by atoms with Gasteiger partial charge in [-0.25, -0.2) is 4.39 Å². The van der Waals surface area contributed by atoms with Gasteiger partial charge in [0.25, 0.3) is 5.91 Å². The van der Waals surface area contributed by atoms with Crippen LogP contribution in [0.2, 0.25) is 0 Å². The number of benzene rings is 2. The molecule has 39 heavy (non-hydrogen) atoms. The van der Waals surface area contributed by atoms with Crippen molar-refractivity contribution in [2.45, 2.75) is 31.2 Å². The molecule has 2 atom stereocenters. The third kappa shape index (κ3) is 4.50. The van der Waals surface area contributed by atoms with Crippen LogP contribution in [0.3, 0.4) is 0 Å². The van der Waals surface area contributed by atoms with Gasteiger partial charge >= 0.3 is 0 Å². The van der Waals surface area contributed by atoms with Crippen LogP contribution in [0.4, 0.5) is 10.1 Å². The quantitative estimate of drug-likeness (QED) is 0.457. The number of carbonyl (C=O) groups excluding carboxylic acids is 2. The second kappa shape index (κ2) is 10.3. The minimum absolute atomic E-state index is 0.0787. The van der Waals surface area contributed by atoms with Gasteiger partial charge < -0.3 is 14.1 Å². The number of Topliss-reactive ketones (excluding diaryl/α,β-unsaturated/α-hetero) is 1. The fraction of sp³-hybridized carbons (Fsp3) is 0.367. The lowest BCUT2D eigenvalue weighted by Gasteiger charge is -2.42. The summed E-state index contributed by atoms with van der Waals surface area (Å²) in [5.74, 6) is 0.372. The topological polar surface area (TPSA) is 78.6 Å². The molecule has 1 aromatic heterocycles. The van der Waals surface area contributed by atoms with Gasteiger partial charge in [0.2, 0.25) is 0 Å². The standard InChI is InChI=1S/C30H31FN4O4/c1-21(36)28-30(22-7-3-2-4-8-22,27-20-39-25-11-10-23(31)19-24(25)35(27)32-28)12-6-13-33-14-16-34(17-15-33)29(37)26-9-5-18-38-26/h2-5,7-11,18-19,27H,6,12-17,20H2,1H3/t27-,30+/m0/s1. The number of hydrogen-bond acceptors (Lipinski definition) is 7. The first-order valence-corrected chi connectivity index (χ1v) is 13.4. The second-order valence-corrected chi connectivity index (χ2v) is 10.3. The summed E-state index contributed by atoms with van der Waals surface area (Å²) in [4.78, 5) is 29.9. The number of anilines is 1. The van der Waals surface area contributed by atoms with E-state index >= 15 is 0 Å². The van der Waals surface area contributed by atoms with E-state index in [1.807, 2.05) is 35.2 Å². The molecule has 0 radical (unpaired) electrons. The van der Waals surface area contributed by atoms with Crippen molar-refractivity contribution in [1.29, 1.82) is 0 Å². The van der Waals surface area contributed by atoms with Gasteiger partial charge in [-0.1, -0.05) is 30.3 Å². The first-order chi connectivity index (χ1) is 19.0. The normalized spacial score (nSPS) is 22.6. The predicted molar refractivity (Wildman–Crippen MR) is 145 cm³/mol. The van der Waals surface area contributed by atoms with Gasteiger partial charge in [-0.3, -0.25) is 19.5 Å². The summed E-state index contributed by atoms with van der Waals surface area (Å²) in [5.41, 5.74) is 1.32. The molecule has 1 fully saturated rings. The number of carbonyl (C=O) groups is 2. The van der Waals surface area contributed by atoms with Crippen molar-refractivity contribution in [3.8, 4) is 5.75 Å². The summed E-state index contributed by atoms with van der Waals surface area (Å²) < 4.78 is 25.6. The number of fused-ring (bicyclic) bond motifs is 3. The largest absolute Gasteiger partial charge is 0.489 e. The Morgan fingerprint density at radius 3 is 2.56 bits per heavy atom. The Morgan fingerprint density at radius 2 is 1.85 bits per heavy atom. The first kappa shape index (κ1) is 25.3. The smallest absolute Gasteiger partial charge is 0.289 e. The van der Waals surface area contributed by atoms with E-state index in [9.17, 15) is 14.0 Å². The maximum absolute atomic E-state index is 14.3. The molecule has 0 aliphatic carbocycles. The molecule has 0 saturated carbocycles. The van der Waals surface area contributed by atoms with Gasteiger partial charge in [0.05, 0.1) is 11.7 Å². The van der Waals surface area contributed by atoms with Crippen LogP contribution in [0.25, 0.3) is 0 Å². The second-order valence-electron chi connectivity index (χ2n) is 10.3. The predicted octanol–water partition coefficient (Wildman–Crippen LogP) is 4.12. The molecule has 3 aliphatic heterocycles. The summed E-state index contributed by atoms with van der Waals surface area (Å²) in [5, 5.41) is 6.62. The number of halogens is 1. The molecule has 2 aromatic carbocycles. The van der Waals surface area contributed by atoms with Gasteiger partial charge in [0.1, 0.15) is 35.6 Å². The Morgan fingerprint density at radius 1 is 1.05 bits per heavy atom. The molecular formula is C30H31FN4O4. The third-order valence-electron chi connectivity index (χ3n) is 8.12. The highest BCUT2D eigenvalue weighted by molar-refractivity contribution is 6.43. The van der Waals surface area contributed by atoms with Crippen LogP contribution in [-0.2, 0) is 10.2 Å². The molecule has 4 heterocycles. The average molecular weight is 531 g/mol. The van der Waals surface area contributed by atoms with E-state index in [2.05, 4.69) is 4.90 Å². The van der Waals surface area contributed by atoms with E-state index in [1.54, 1.807) is 30.1 Å². The highest BCUT2D eigenvalue weighted by atomic mass is 19.1. The van der Waals surface area contributed by atoms with E-state index in [1.165, 1.54) is 18.4 Å². The van der Waals surface area contributed by atoms with Crippen molar-refractivity contribution in [2.75, 3.05) is 44.3 Å². The molecule has 0 N–H and O–H groups in total. The molecule has 0 unspecified atom stereocenters. The minimum Gasteiger partial charge on any atom is -0.489 e. The number of nitrogens with zero attached hydrogens (tertiary/aromatic N) is 4. The third-order valence-corrected chi connectivity index (χ3v) is 8.12. The molecule has 1 saturated heterocycles. The SMILES string of the molecule is CC(=O)C1=NN2c3cc(F)ccc3OC[C@H]2[C@@]1(CCCN1CCN(C(=O)c2ccco2)CC1)c1ccccc1. The lowest BCUT2D eigenvalue weighted by atomic mass is 9.67. The summed E-state index contributed by atoms with van der Waals surface area (Å²) in [7, 11) is 0. The van der Waals surface area contributed by atoms with E-state index in [0.717, 1.165) is 31.6 Å². The van der Waals surface area contributed by atoms with Gasteiger partial charge in [-0.2, -0.15) is 5.10 Å². The molecular weight excluding hydrogens is 499 g/mol. The molecule has 8 nitrogen and oxygen atoms in total. The number of rotatable bonds is 7. The summed E-state index contributed by atoms with van der Waals surface area (Å²) >= 11 is 0. The number of furan rings is 1. The molecule has 0 spiro atoms. The lowest BCUT2D eigenvalue weighted by molar-refractivity contribution is -0.111. The van der Waals surface area contributed by atoms with E-state index in [4.69, 9.17) is 14.3 Å². The van der Waals surface area contributed by atoms with Gasteiger partial charge in [-0.05, 0) is 49.2 Å². The van der Waals surface area contributed by atoms with Crippen LogP contribution in [0, 0.1) is 5.82 Å². The molecule has 1 amide bonds. The summed E-state index contributed by atoms with van der Waals surface area (Å²) in [6.45, 7) is 5.51. The number of amides is 1. The fourth-order valence-corrected chi connectivity index (χ4v) is 6.22. The molecule has 6 rings (SSSR count). The Bertz CT molecular complexity index is 1390. The molecule has 3 aromatic rings. The zero-order chi connectivity index (χ0) is 27.0. The molecule has 9 heteroatoms. The monoisotopic (exact) mass is 530 g/mol. The Labute approximate surface area is 226 Å². The van der Waals surface area contributed by atoms with Gasteiger partial charge in [-0.15, -0.1) is 0 Å². The van der Waals surface area contributed by atoms with Crippen LogP contribution in [0.15, 0.2) is 76.4 Å². The van der Waals surface area contributed by atoms with Crippen molar-refractivity contribution < 1.29 is 23.1 Å². The number of piperazine rings is 1. The van der Waals surface area contributed by atoms with Crippen LogP contribution < -0.4 is 9.75 Å². The Hall–Kier alpha value is -3.98. The zero-order valence-corrected chi connectivity index (χ0v) is 21.9. The van der Waals surface area contributed by atoms with Crippen molar-refractivity contribution in [1.82, 2.24) is 9.80 Å². The van der Waals surface area contributed by atoms with Crippen LogP contribution in [-0.4, -0.2) is 72.6 Å². The summed E-state index contributed by atoms with van der Waals surface area (Å²) in [6.07, 6.45) is 3.01. The fourth-order valence-electron chi connectivity index (χ4n) is 6.22. The molecule has 0 bridgehead atoms. The van der Waals surface area contributed by atoms with Crippen molar-refractivity contribution >= 4 is 23.1 Å².